The summed E-state index contributed by atoms with van der Waals surface area (Å²) in [6.07, 6.45) is 2.43. The van der Waals surface area contributed by atoms with Gasteiger partial charge < -0.3 is 10.1 Å². The van der Waals surface area contributed by atoms with E-state index in [2.05, 4.69) is 10.0 Å². The van der Waals surface area contributed by atoms with E-state index in [1.165, 1.54) is 18.2 Å². The summed E-state index contributed by atoms with van der Waals surface area (Å²) in [6, 6.07) is 10.6. The van der Waals surface area contributed by atoms with Gasteiger partial charge in [-0.2, -0.15) is 0 Å². The number of halogens is 1. The fourth-order valence-corrected chi connectivity index (χ4v) is 5.10. The van der Waals surface area contributed by atoms with E-state index in [1.807, 2.05) is 0 Å². The molecule has 0 bridgehead atoms. The molecule has 0 unspecified atom stereocenters. The Morgan fingerprint density at radius 1 is 1.10 bits per heavy atom. The van der Waals surface area contributed by atoms with Crippen LogP contribution >= 0.6 is 0 Å². The van der Waals surface area contributed by atoms with Crippen LogP contribution in [0.25, 0.3) is 0 Å². The predicted molar refractivity (Wildman–Crippen MR) is 112 cm³/mol. The lowest BCUT2D eigenvalue weighted by Gasteiger charge is -2.28. The third-order valence-corrected chi connectivity index (χ3v) is 6.99. The van der Waals surface area contributed by atoms with E-state index in [0.717, 1.165) is 11.1 Å². The van der Waals surface area contributed by atoms with Gasteiger partial charge in [0.15, 0.2) is 0 Å². The zero-order valence-corrected chi connectivity index (χ0v) is 18.0. The molecule has 1 aliphatic rings. The number of nitrogens with one attached hydrogen (secondary N) is 2. The fraction of sp³-hybridized carbons (Fsp3) is 0.409. The first-order chi connectivity index (χ1) is 14.3. The molecule has 162 valence electrons. The molecule has 8 heteroatoms. The fourth-order valence-electron chi connectivity index (χ4n) is 3.71. The number of sulfonamides is 1. The maximum absolute atomic E-state index is 13.0. The Bertz CT molecular complexity index is 985. The number of carbonyl (C=O) groups is 1. The van der Waals surface area contributed by atoms with Gasteiger partial charge in [0.2, 0.25) is 15.9 Å². The second-order valence-corrected chi connectivity index (χ2v) is 9.36. The number of hydrogen-bond donors (Lipinski definition) is 2. The first kappa shape index (κ1) is 22.2. The summed E-state index contributed by atoms with van der Waals surface area (Å²) in [6.45, 7) is 2.15. The molecule has 1 fully saturated rings. The number of amides is 1. The van der Waals surface area contributed by atoms with Gasteiger partial charge in [0, 0.05) is 18.5 Å². The number of methoxy groups -OCH3 is 1. The monoisotopic (exact) mass is 434 g/mol. The van der Waals surface area contributed by atoms with Crippen molar-refractivity contribution in [3.8, 4) is 5.75 Å². The molecule has 6 nitrogen and oxygen atoms in total. The van der Waals surface area contributed by atoms with Crippen molar-refractivity contribution in [2.75, 3.05) is 7.11 Å². The highest BCUT2D eigenvalue weighted by Gasteiger charge is 2.29. The van der Waals surface area contributed by atoms with E-state index in [0.29, 0.717) is 38.0 Å². The summed E-state index contributed by atoms with van der Waals surface area (Å²) in [5.41, 5.74) is 1.59. The van der Waals surface area contributed by atoms with Crippen molar-refractivity contribution in [1.29, 1.82) is 0 Å². The predicted octanol–water partition coefficient (Wildman–Crippen LogP) is 3.30. The summed E-state index contributed by atoms with van der Waals surface area (Å²) in [5.74, 6) is 0.137. The molecule has 0 heterocycles. The van der Waals surface area contributed by atoms with Gasteiger partial charge >= 0.3 is 0 Å². The van der Waals surface area contributed by atoms with Crippen LogP contribution in [0.15, 0.2) is 47.4 Å². The van der Waals surface area contributed by atoms with Gasteiger partial charge in [-0.05, 0) is 74.1 Å². The largest absolute Gasteiger partial charge is 0.496 e. The SMILES string of the molecule is COc1ccc(S(=O)(=O)NC2CCC(C(=O)NCc3ccc(F)cc3)CC2)cc1C. The summed E-state index contributed by atoms with van der Waals surface area (Å²) >= 11 is 0. The summed E-state index contributed by atoms with van der Waals surface area (Å²) in [7, 11) is -2.09. The lowest BCUT2D eigenvalue weighted by Crippen LogP contribution is -2.40. The van der Waals surface area contributed by atoms with Gasteiger partial charge in [-0.15, -0.1) is 0 Å². The average Bonchev–Trinajstić information content (AvgIpc) is 2.73. The molecule has 2 N–H and O–H groups in total. The molecular weight excluding hydrogens is 407 g/mol. The Hall–Kier alpha value is -2.45. The molecular formula is C22H27FN2O4S. The molecule has 1 aliphatic carbocycles. The van der Waals surface area contributed by atoms with E-state index in [1.54, 1.807) is 38.3 Å². The number of benzene rings is 2. The van der Waals surface area contributed by atoms with E-state index in [9.17, 15) is 17.6 Å². The average molecular weight is 435 g/mol. The van der Waals surface area contributed by atoms with Crippen molar-refractivity contribution in [3.05, 3.63) is 59.4 Å². The normalized spacial score (nSPS) is 19.3. The maximum atomic E-state index is 13.0. The van der Waals surface area contributed by atoms with Gasteiger partial charge in [0.1, 0.15) is 11.6 Å². The third kappa shape index (κ3) is 5.58. The molecule has 30 heavy (non-hydrogen) atoms. The lowest BCUT2D eigenvalue weighted by molar-refractivity contribution is -0.126. The molecule has 0 radical (unpaired) electrons. The van der Waals surface area contributed by atoms with Crippen LogP contribution in [-0.2, 0) is 21.4 Å². The molecule has 1 saturated carbocycles. The zero-order valence-electron chi connectivity index (χ0n) is 17.2. The van der Waals surface area contributed by atoms with Gasteiger partial charge in [-0.1, -0.05) is 12.1 Å². The Labute approximate surface area is 176 Å². The molecule has 0 saturated heterocycles. The highest BCUT2D eigenvalue weighted by molar-refractivity contribution is 7.89. The van der Waals surface area contributed by atoms with Crippen LogP contribution in [0.5, 0.6) is 5.75 Å². The van der Waals surface area contributed by atoms with Gasteiger partial charge in [-0.3, -0.25) is 4.79 Å². The van der Waals surface area contributed by atoms with Gasteiger partial charge in [-0.25, -0.2) is 17.5 Å². The van der Waals surface area contributed by atoms with Crippen molar-refractivity contribution < 1.29 is 22.3 Å². The lowest BCUT2D eigenvalue weighted by atomic mass is 9.86. The Morgan fingerprint density at radius 3 is 2.37 bits per heavy atom. The van der Waals surface area contributed by atoms with Crippen LogP contribution in [0.2, 0.25) is 0 Å². The number of aryl methyl sites for hydroxylation is 1. The second kappa shape index (κ2) is 9.57. The van der Waals surface area contributed by atoms with Crippen molar-refractivity contribution >= 4 is 15.9 Å². The minimum atomic E-state index is -3.63. The van der Waals surface area contributed by atoms with Crippen molar-refractivity contribution in [2.24, 2.45) is 5.92 Å². The molecule has 0 aliphatic heterocycles. The number of ether oxygens (including phenoxy) is 1. The first-order valence-corrected chi connectivity index (χ1v) is 11.5. The topological polar surface area (TPSA) is 84.5 Å². The first-order valence-electron chi connectivity index (χ1n) is 9.97. The van der Waals surface area contributed by atoms with E-state index in [-0.39, 0.29) is 28.6 Å². The van der Waals surface area contributed by atoms with Crippen LogP contribution < -0.4 is 14.8 Å². The second-order valence-electron chi connectivity index (χ2n) is 7.65. The number of carbonyl (C=O) groups excluding carboxylic acids is 1. The van der Waals surface area contributed by atoms with Crippen molar-refractivity contribution in [3.63, 3.8) is 0 Å². The van der Waals surface area contributed by atoms with Crippen LogP contribution in [-0.4, -0.2) is 27.5 Å². The van der Waals surface area contributed by atoms with E-state index in [4.69, 9.17) is 4.74 Å². The molecule has 1 amide bonds. The molecule has 0 aromatic heterocycles. The van der Waals surface area contributed by atoms with E-state index < -0.39 is 10.0 Å². The van der Waals surface area contributed by atoms with Crippen LogP contribution in [0.4, 0.5) is 4.39 Å². The minimum absolute atomic E-state index is 0.0496. The maximum Gasteiger partial charge on any atom is 0.240 e. The molecule has 3 rings (SSSR count). The Balaban J connectivity index is 1.50. The summed E-state index contributed by atoms with van der Waals surface area (Å²) in [4.78, 5) is 12.6. The van der Waals surface area contributed by atoms with Crippen molar-refractivity contribution in [1.82, 2.24) is 10.0 Å². The van der Waals surface area contributed by atoms with Gasteiger partial charge in [0.05, 0.1) is 12.0 Å². The Morgan fingerprint density at radius 2 is 1.77 bits per heavy atom. The third-order valence-electron chi connectivity index (χ3n) is 5.48. The van der Waals surface area contributed by atoms with Crippen LogP contribution in [0.1, 0.15) is 36.8 Å². The smallest absolute Gasteiger partial charge is 0.240 e. The summed E-state index contributed by atoms with van der Waals surface area (Å²) < 4.78 is 46.3. The summed E-state index contributed by atoms with van der Waals surface area (Å²) in [5, 5.41) is 2.88. The standard InChI is InChI=1S/C22H27FN2O4S/c1-15-13-20(11-12-21(15)29-2)30(27,28)25-19-9-5-17(6-10-19)22(26)24-14-16-3-7-18(23)8-4-16/h3-4,7-8,11-13,17,19,25H,5-6,9-10,14H2,1-2H3,(H,24,26). The zero-order chi connectivity index (χ0) is 21.7. The molecule has 0 spiro atoms. The molecule has 2 aromatic carbocycles. The Kier molecular flexibility index (Phi) is 7.10. The van der Waals surface area contributed by atoms with E-state index >= 15 is 0 Å². The highest BCUT2D eigenvalue weighted by atomic mass is 32.2. The van der Waals surface area contributed by atoms with Gasteiger partial charge in [0.25, 0.3) is 0 Å². The quantitative estimate of drug-likeness (QED) is 0.700. The number of rotatable bonds is 7. The highest BCUT2D eigenvalue weighted by Crippen LogP contribution is 2.27. The minimum Gasteiger partial charge on any atom is -0.496 e. The number of hydrogen-bond acceptors (Lipinski definition) is 4. The van der Waals surface area contributed by atoms with Crippen molar-refractivity contribution in [2.45, 2.75) is 50.1 Å². The molecule has 0 atom stereocenters. The molecule has 2 aromatic rings. The van der Waals surface area contributed by atoms with Crippen LogP contribution in [0, 0.1) is 18.7 Å². The van der Waals surface area contributed by atoms with Crippen LogP contribution in [0.3, 0.4) is 0 Å².